The van der Waals surface area contributed by atoms with Crippen molar-refractivity contribution in [2.75, 3.05) is 7.11 Å². The van der Waals surface area contributed by atoms with Crippen LogP contribution in [-0.2, 0) is 4.79 Å². The summed E-state index contributed by atoms with van der Waals surface area (Å²) in [5.74, 6) is 1.42. The lowest BCUT2D eigenvalue weighted by molar-refractivity contribution is -0.124. The molecular weight excluding hydrogens is 634 g/mol. The molecule has 7 heteroatoms. The van der Waals surface area contributed by atoms with Crippen molar-refractivity contribution in [1.82, 2.24) is 4.90 Å². The van der Waals surface area contributed by atoms with Gasteiger partial charge in [0, 0.05) is 6.04 Å². The number of benzene rings is 2. The van der Waals surface area contributed by atoms with Gasteiger partial charge in [-0.2, -0.15) is 0 Å². The molecule has 1 saturated carbocycles. The molecule has 4 rings (SSSR count). The molecule has 1 heterocycles. The SMILES string of the molecule is COc1c(I)cc(/C=C2\SC(=Nc3ccccc3)N([C@H]3CCCC[C@@H]3C)C2=O)cc1I. The van der Waals surface area contributed by atoms with E-state index in [4.69, 9.17) is 9.73 Å². The summed E-state index contributed by atoms with van der Waals surface area (Å²) >= 11 is 6.04. The molecule has 1 saturated heterocycles. The van der Waals surface area contributed by atoms with Gasteiger partial charge in [-0.3, -0.25) is 9.69 Å². The van der Waals surface area contributed by atoms with E-state index in [1.807, 2.05) is 41.3 Å². The third kappa shape index (κ3) is 5.13. The highest BCUT2D eigenvalue weighted by atomic mass is 127. The third-order valence-corrected chi connectivity index (χ3v) is 8.32. The molecule has 1 aliphatic heterocycles. The highest BCUT2D eigenvalue weighted by Crippen LogP contribution is 2.40. The Hall–Kier alpha value is -1.07. The number of aliphatic imine (C=N–C) groups is 1. The Morgan fingerprint density at radius 1 is 1.13 bits per heavy atom. The maximum Gasteiger partial charge on any atom is 0.267 e. The van der Waals surface area contributed by atoms with Crippen LogP contribution in [0.2, 0.25) is 0 Å². The topological polar surface area (TPSA) is 41.9 Å². The standard InChI is InChI=1S/C24H24I2N2O2S/c1-15-8-6-7-11-20(15)28-23(29)21(31-24(28)27-17-9-4-3-5-10-17)14-16-12-18(25)22(30-2)19(26)13-16/h3-5,9-10,12-15,20H,6-8,11H2,1-2H3/b21-14-,27-24?/t15-,20-/m0/s1. The maximum atomic E-state index is 13.6. The minimum Gasteiger partial charge on any atom is -0.495 e. The molecule has 0 unspecified atom stereocenters. The molecule has 4 nitrogen and oxygen atoms in total. The van der Waals surface area contributed by atoms with E-state index < -0.39 is 0 Å². The lowest BCUT2D eigenvalue weighted by Crippen LogP contribution is -2.44. The zero-order chi connectivity index (χ0) is 22.0. The molecule has 2 fully saturated rings. The minimum atomic E-state index is 0.0688. The quantitative estimate of drug-likeness (QED) is 0.261. The van der Waals surface area contributed by atoms with E-state index in [2.05, 4.69) is 64.2 Å². The molecule has 2 aromatic rings. The largest absolute Gasteiger partial charge is 0.495 e. The average Bonchev–Trinajstić information content (AvgIpc) is 3.03. The number of methoxy groups -OCH3 is 1. The average molecular weight is 658 g/mol. The van der Waals surface area contributed by atoms with Crippen LogP contribution in [0.3, 0.4) is 0 Å². The molecule has 1 amide bonds. The number of hydrogen-bond donors (Lipinski definition) is 0. The first kappa shape index (κ1) is 23.1. The van der Waals surface area contributed by atoms with Crippen molar-refractivity contribution in [3.05, 3.63) is 60.1 Å². The number of ether oxygens (including phenoxy) is 1. The summed E-state index contributed by atoms with van der Waals surface area (Å²) in [7, 11) is 1.68. The molecule has 0 radical (unpaired) electrons. The van der Waals surface area contributed by atoms with Crippen molar-refractivity contribution >= 4 is 79.8 Å². The summed E-state index contributed by atoms with van der Waals surface area (Å²) < 4.78 is 7.54. The highest BCUT2D eigenvalue weighted by molar-refractivity contribution is 14.1. The van der Waals surface area contributed by atoms with E-state index in [0.29, 0.717) is 5.92 Å². The van der Waals surface area contributed by atoms with E-state index >= 15 is 0 Å². The van der Waals surface area contributed by atoms with Crippen LogP contribution < -0.4 is 4.74 Å². The van der Waals surface area contributed by atoms with Gasteiger partial charge in [-0.05, 0) is 112 Å². The van der Waals surface area contributed by atoms with Crippen molar-refractivity contribution in [1.29, 1.82) is 0 Å². The Kier molecular flexibility index (Phi) is 7.64. The molecule has 31 heavy (non-hydrogen) atoms. The first-order valence-electron chi connectivity index (χ1n) is 10.4. The fourth-order valence-electron chi connectivity index (χ4n) is 4.16. The van der Waals surface area contributed by atoms with Crippen molar-refractivity contribution in [2.24, 2.45) is 10.9 Å². The second kappa shape index (κ2) is 10.2. The van der Waals surface area contributed by atoms with Gasteiger partial charge in [-0.15, -0.1) is 0 Å². The molecule has 2 aliphatic rings. The van der Waals surface area contributed by atoms with Crippen LogP contribution >= 0.6 is 56.9 Å². The molecule has 0 spiro atoms. The molecule has 2 aromatic carbocycles. The van der Waals surface area contributed by atoms with Gasteiger partial charge in [0.2, 0.25) is 0 Å². The van der Waals surface area contributed by atoms with Crippen LogP contribution in [0.5, 0.6) is 5.75 Å². The van der Waals surface area contributed by atoms with Gasteiger partial charge in [0.15, 0.2) is 5.17 Å². The summed E-state index contributed by atoms with van der Waals surface area (Å²) in [6.07, 6.45) is 6.59. The van der Waals surface area contributed by atoms with Crippen LogP contribution in [0.15, 0.2) is 52.4 Å². The van der Waals surface area contributed by atoms with Crippen LogP contribution in [0, 0.1) is 13.1 Å². The molecule has 0 bridgehead atoms. The van der Waals surface area contributed by atoms with Gasteiger partial charge >= 0.3 is 0 Å². The molecular formula is C24H24I2N2O2S. The minimum absolute atomic E-state index is 0.0688. The fraction of sp³-hybridized carbons (Fsp3) is 0.333. The first-order chi connectivity index (χ1) is 15.0. The predicted molar refractivity (Wildman–Crippen MR) is 146 cm³/mol. The molecule has 2 atom stereocenters. The number of halogens is 2. The zero-order valence-electron chi connectivity index (χ0n) is 17.5. The van der Waals surface area contributed by atoms with Gasteiger partial charge in [0.25, 0.3) is 5.91 Å². The number of nitrogens with zero attached hydrogens (tertiary/aromatic N) is 2. The second-order valence-electron chi connectivity index (χ2n) is 7.86. The number of carbonyl (C=O) groups excluding carboxylic acids is 1. The van der Waals surface area contributed by atoms with Crippen molar-refractivity contribution in [3.63, 3.8) is 0 Å². The number of amides is 1. The van der Waals surface area contributed by atoms with Crippen molar-refractivity contribution in [2.45, 2.75) is 38.6 Å². The molecule has 0 N–H and O–H groups in total. The van der Waals surface area contributed by atoms with E-state index in [-0.39, 0.29) is 11.9 Å². The van der Waals surface area contributed by atoms with Gasteiger partial charge in [0.05, 0.1) is 24.8 Å². The molecule has 1 aliphatic carbocycles. The van der Waals surface area contributed by atoms with Crippen LogP contribution in [0.4, 0.5) is 5.69 Å². The van der Waals surface area contributed by atoms with Crippen LogP contribution in [0.25, 0.3) is 6.08 Å². The van der Waals surface area contributed by atoms with Crippen molar-refractivity contribution < 1.29 is 9.53 Å². The number of hydrogen-bond acceptors (Lipinski definition) is 4. The summed E-state index contributed by atoms with van der Waals surface area (Å²) in [5, 5.41) is 0.791. The fourth-order valence-corrected chi connectivity index (χ4v) is 7.46. The molecule has 162 valence electrons. The van der Waals surface area contributed by atoms with E-state index in [1.54, 1.807) is 7.11 Å². The van der Waals surface area contributed by atoms with Gasteiger partial charge in [0.1, 0.15) is 5.75 Å². The normalized spacial score (nSPS) is 24.3. The third-order valence-electron chi connectivity index (χ3n) is 5.74. The molecule has 0 aromatic heterocycles. The zero-order valence-corrected chi connectivity index (χ0v) is 22.6. The summed E-state index contributed by atoms with van der Waals surface area (Å²) in [5.41, 5.74) is 1.88. The number of amidine groups is 1. The van der Waals surface area contributed by atoms with E-state index in [0.717, 1.165) is 53.5 Å². The number of rotatable bonds is 4. The Morgan fingerprint density at radius 3 is 2.45 bits per heavy atom. The maximum absolute atomic E-state index is 13.6. The lowest BCUT2D eigenvalue weighted by atomic mass is 9.85. The van der Waals surface area contributed by atoms with Gasteiger partial charge < -0.3 is 4.74 Å². The predicted octanol–water partition coefficient (Wildman–Crippen LogP) is 7.09. The monoisotopic (exact) mass is 658 g/mol. The van der Waals surface area contributed by atoms with Crippen molar-refractivity contribution in [3.8, 4) is 5.75 Å². The second-order valence-corrected chi connectivity index (χ2v) is 11.2. The van der Waals surface area contributed by atoms with Gasteiger partial charge in [-0.1, -0.05) is 38.0 Å². The summed E-state index contributed by atoms with van der Waals surface area (Å²) in [4.78, 5) is 21.1. The number of thioether (sulfide) groups is 1. The lowest BCUT2D eigenvalue weighted by Gasteiger charge is -2.35. The van der Waals surface area contributed by atoms with E-state index in [9.17, 15) is 4.79 Å². The first-order valence-corrected chi connectivity index (χ1v) is 13.3. The number of carbonyl (C=O) groups is 1. The Bertz CT molecular complexity index is 1020. The number of para-hydroxylation sites is 1. The summed E-state index contributed by atoms with van der Waals surface area (Å²) in [6, 6.07) is 14.2. The van der Waals surface area contributed by atoms with Gasteiger partial charge in [-0.25, -0.2) is 4.99 Å². The summed E-state index contributed by atoms with van der Waals surface area (Å²) in [6.45, 7) is 2.26. The Labute approximate surface area is 215 Å². The van der Waals surface area contributed by atoms with Crippen LogP contribution in [-0.4, -0.2) is 29.1 Å². The van der Waals surface area contributed by atoms with E-state index in [1.165, 1.54) is 18.2 Å². The Balaban J connectivity index is 1.73. The Morgan fingerprint density at radius 2 is 1.81 bits per heavy atom. The highest BCUT2D eigenvalue weighted by Gasteiger charge is 2.41. The smallest absolute Gasteiger partial charge is 0.267 e. The van der Waals surface area contributed by atoms with Crippen LogP contribution in [0.1, 0.15) is 38.2 Å².